The smallest absolute Gasteiger partial charge is 0.0931 e. The number of nitrogens with two attached hydrogens (primary N) is 1. The van der Waals surface area contributed by atoms with Gasteiger partial charge in [-0.15, -0.1) is 0 Å². The van der Waals surface area contributed by atoms with Crippen molar-refractivity contribution in [2.75, 3.05) is 6.54 Å². The molecule has 2 aromatic carbocycles. The van der Waals surface area contributed by atoms with E-state index in [1.165, 1.54) is 16.7 Å². The minimum atomic E-state index is 0.422. The molecule has 0 spiro atoms. The molecule has 0 radical (unpaired) electrons. The van der Waals surface area contributed by atoms with Crippen LogP contribution in [-0.4, -0.2) is 16.5 Å². The van der Waals surface area contributed by atoms with Crippen LogP contribution in [0.15, 0.2) is 48.8 Å². The third kappa shape index (κ3) is 2.58. The molecule has 1 heterocycles. The predicted molar refractivity (Wildman–Crippen MR) is 82.8 cm³/mol. The van der Waals surface area contributed by atoms with Crippen molar-refractivity contribution in [3.63, 3.8) is 0 Å². The van der Waals surface area contributed by atoms with Gasteiger partial charge in [0.1, 0.15) is 0 Å². The molecular formula is C17H19N3. The molecule has 20 heavy (non-hydrogen) atoms. The summed E-state index contributed by atoms with van der Waals surface area (Å²) in [6.45, 7) is 2.84. The number of rotatable bonds is 4. The molecule has 0 bridgehead atoms. The Bertz CT molecular complexity index is 698. The van der Waals surface area contributed by atoms with E-state index in [1.54, 1.807) is 6.33 Å². The Labute approximate surface area is 118 Å². The van der Waals surface area contributed by atoms with Crippen molar-refractivity contribution in [3.05, 3.63) is 65.5 Å². The summed E-state index contributed by atoms with van der Waals surface area (Å²) >= 11 is 0. The van der Waals surface area contributed by atoms with Gasteiger partial charge in [-0.3, -0.25) is 0 Å². The Morgan fingerprint density at radius 2 is 1.85 bits per heavy atom. The lowest BCUT2D eigenvalue weighted by atomic mass is 9.98. The van der Waals surface area contributed by atoms with Gasteiger partial charge in [0, 0.05) is 0 Å². The van der Waals surface area contributed by atoms with E-state index in [9.17, 15) is 0 Å². The molecule has 1 aromatic heterocycles. The van der Waals surface area contributed by atoms with E-state index < -0.39 is 0 Å². The van der Waals surface area contributed by atoms with E-state index in [0.717, 1.165) is 17.5 Å². The van der Waals surface area contributed by atoms with Gasteiger partial charge in [-0.25, -0.2) is 4.98 Å². The first-order valence-electron chi connectivity index (χ1n) is 6.97. The second kappa shape index (κ2) is 5.47. The van der Waals surface area contributed by atoms with Crippen LogP contribution in [0.1, 0.15) is 29.5 Å². The molecule has 3 rings (SSSR count). The Morgan fingerprint density at radius 1 is 1.10 bits per heavy atom. The van der Waals surface area contributed by atoms with Crippen LogP contribution in [0.3, 0.4) is 0 Å². The number of hydrogen-bond donors (Lipinski definition) is 2. The highest BCUT2D eigenvalue weighted by atomic mass is 14.9. The molecule has 0 saturated heterocycles. The first kappa shape index (κ1) is 12.9. The lowest BCUT2D eigenvalue weighted by molar-refractivity contribution is 0.773. The average Bonchev–Trinajstić information content (AvgIpc) is 2.95. The highest BCUT2D eigenvalue weighted by Gasteiger charge is 2.04. The standard InChI is InChI=1S/C17H19N3/c1-12(10-18)15-5-2-13(3-6-15)8-14-4-7-16-17(9-14)20-11-19-16/h2-7,9,11-12H,8,10,18H2,1H3,(H,19,20). The molecule has 0 aliphatic heterocycles. The van der Waals surface area contributed by atoms with Crippen molar-refractivity contribution in [3.8, 4) is 0 Å². The van der Waals surface area contributed by atoms with Gasteiger partial charge >= 0.3 is 0 Å². The lowest BCUT2D eigenvalue weighted by Crippen LogP contribution is -2.08. The monoisotopic (exact) mass is 265 g/mol. The van der Waals surface area contributed by atoms with Crippen LogP contribution in [0.4, 0.5) is 0 Å². The molecule has 0 aliphatic rings. The molecule has 3 heteroatoms. The van der Waals surface area contributed by atoms with Crippen LogP contribution in [0, 0.1) is 0 Å². The van der Waals surface area contributed by atoms with Crippen LogP contribution >= 0.6 is 0 Å². The number of aromatic nitrogens is 2. The van der Waals surface area contributed by atoms with Gasteiger partial charge in [0.05, 0.1) is 17.4 Å². The number of benzene rings is 2. The van der Waals surface area contributed by atoms with Crippen molar-refractivity contribution in [1.82, 2.24) is 9.97 Å². The largest absolute Gasteiger partial charge is 0.345 e. The fraction of sp³-hybridized carbons (Fsp3) is 0.235. The third-order valence-corrected chi connectivity index (χ3v) is 3.80. The van der Waals surface area contributed by atoms with Gasteiger partial charge in [-0.1, -0.05) is 37.3 Å². The predicted octanol–water partition coefficient (Wildman–Crippen LogP) is 3.22. The average molecular weight is 265 g/mol. The maximum atomic E-state index is 5.70. The zero-order valence-electron chi connectivity index (χ0n) is 11.6. The summed E-state index contributed by atoms with van der Waals surface area (Å²) in [5, 5.41) is 0. The zero-order valence-corrected chi connectivity index (χ0v) is 11.6. The minimum absolute atomic E-state index is 0.422. The molecule has 3 nitrogen and oxygen atoms in total. The van der Waals surface area contributed by atoms with Gasteiger partial charge in [0.25, 0.3) is 0 Å². The molecule has 0 fully saturated rings. The van der Waals surface area contributed by atoms with E-state index in [1.807, 2.05) is 0 Å². The number of imidazole rings is 1. The van der Waals surface area contributed by atoms with Crippen molar-refractivity contribution in [1.29, 1.82) is 0 Å². The van der Waals surface area contributed by atoms with Crippen LogP contribution in [-0.2, 0) is 6.42 Å². The quantitative estimate of drug-likeness (QED) is 0.761. The zero-order chi connectivity index (χ0) is 13.9. The Balaban J connectivity index is 1.79. The van der Waals surface area contributed by atoms with Gasteiger partial charge in [-0.05, 0) is 47.7 Å². The Hall–Kier alpha value is -2.13. The van der Waals surface area contributed by atoms with Crippen LogP contribution in [0.2, 0.25) is 0 Å². The summed E-state index contributed by atoms with van der Waals surface area (Å²) in [5.74, 6) is 0.422. The molecule has 3 aromatic rings. The second-order valence-electron chi connectivity index (χ2n) is 5.31. The Morgan fingerprint density at radius 3 is 2.60 bits per heavy atom. The fourth-order valence-corrected chi connectivity index (χ4v) is 2.43. The summed E-state index contributed by atoms with van der Waals surface area (Å²) in [4.78, 5) is 7.39. The molecule has 102 valence electrons. The number of nitrogens with zero attached hydrogens (tertiary/aromatic N) is 1. The normalized spacial score (nSPS) is 12.7. The van der Waals surface area contributed by atoms with Crippen LogP contribution in [0.25, 0.3) is 11.0 Å². The van der Waals surface area contributed by atoms with Crippen molar-refractivity contribution in [2.45, 2.75) is 19.3 Å². The van der Waals surface area contributed by atoms with E-state index in [4.69, 9.17) is 5.73 Å². The molecule has 1 atom stereocenters. The van der Waals surface area contributed by atoms with Crippen molar-refractivity contribution < 1.29 is 0 Å². The number of nitrogens with one attached hydrogen (secondary N) is 1. The summed E-state index contributed by atoms with van der Waals surface area (Å²) < 4.78 is 0. The topological polar surface area (TPSA) is 54.7 Å². The first-order valence-corrected chi connectivity index (χ1v) is 6.97. The van der Waals surface area contributed by atoms with Gasteiger partial charge in [0.15, 0.2) is 0 Å². The van der Waals surface area contributed by atoms with Crippen molar-refractivity contribution >= 4 is 11.0 Å². The molecule has 3 N–H and O–H groups in total. The van der Waals surface area contributed by atoms with Gasteiger partial charge in [-0.2, -0.15) is 0 Å². The van der Waals surface area contributed by atoms with E-state index in [-0.39, 0.29) is 0 Å². The highest BCUT2D eigenvalue weighted by molar-refractivity contribution is 5.75. The minimum Gasteiger partial charge on any atom is -0.345 e. The maximum Gasteiger partial charge on any atom is 0.0931 e. The number of fused-ring (bicyclic) bond motifs is 1. The van der Waals surface area contributed by atoms with Gasteiger partial charge < -0.3 is 10.7 Å². The molecule has 1 unspecified atom stereocenters. The van der Waals surface area contributed by atoms with Crippen molar-refractivity contribution in [2.24, 2.45) is 5.73 Å². The summed E-state index contributed by atoms with van der Waals surface area (Å²) in [7, 11) is 0. The fourth-order valence-electron chi connectivity index (χ4n) is 2.43. The van der Waals surface area contributed by atoms with E-state index in [2.05, 4.69) is 59.4 Å². The van der Waals surface area contributed by atoms with E-state index >= 15 is 0 Å². The number of aromatic amines is 1. The lowest BCUT2D eigenvalue weighted by Gasteiger charge is -2.09. The maximum absolute atomic E-state index is 5.70. The van der Waals surface area contributed by atoms with Gasteiger partial charge in [0.2, 0.25) is 0 Å². The summed E-state index contributed by atoms with van der Waals surface area (Å²) in [6.07, 6.45) is 2.67. The second-order valence-corrected chi connectivity index (χ2v) is 5.31. The number of H-pyrrole nitrogens is 1. The Kier molecular flexibility index (Phi) is 3.52. The molecule has 0 saturated carbocycles. The molecular weight excluding hydrogens is 246 g/mol. The first-order chi connectivity index (χ1) is 9.76. The van der Waals surface area contributed by atoms with Crippen LogP contribution in [0.5, 0.6) is 0 Å². The third-order valence-electron chi connectivity index (χ3n) is 3.80. The molecule has 0 aliphatic carbocycles. The highest BCUT2D eigenvalue weighted by Crippen LogP contribution is 2.18. The summed E-state index contributed by atoms with van der Waals surface area (Å²) in [6, 6.07) is 15.1. The SMILES string of the molecule is CC(CN)c1ccc(Cc2ccc3nc[nH]c3c2)cc1. The molecule has 0 amide bonds. The van der Waals surface area contributed by atoms with Crippen LogP contribution < -0.4 is 5.73 Å². The summed E-state index contributed by atoms with van der Waals surface area (Å²) in [5.41, 5.74) is 11.7. The number of hydrogen-bond acceptors (Lipinski definition) is 2. The van der Waals surface area contributed by atoms with E-state index in [0.29, 0.717) is 12.5 Å².